The fraction of sp³-hybridized carbons (Fsp3) is 0.588. The largest absolute Gasteiger partial charge is 0.391 e. The number of hydrogen-bond donors (Lipinski definition) is 2. The van der Waals surface area contributed by atoms with E-state index in [0.717, 1.165) is 18.4 Å². The smallest absolute Gasteiger partial charge is 0.317 e. The third-order valence-electron chi connectivity index (χ3n) is 4.27. The van der Waals surface area contributed by atoms with Crippen LogP contribution in [0.5, 0.6) is 0 Å². The molecule has 2 rings (SSSR count). The number of nitrogens with one attached hydrogen (secondary N) is 1. The molecule has 0 aromatic heterocycles. The van der Waals surface area contributed by atoms with E-state index in [1.165, 1.54) is 4.90 Å². The lowest BCUT2D eigenvalue weighted by atomic mass is 10.0. The van der Waals surface area contributed by atoms with Gasteiger partial charge in [0.2, 0.25) is 0 Å². The topological polar surface area (TPSA) is 52.6 Å². The molecule has 0 spiro atoms. The molecular weight excluding hydrogens is 283 g/mol. The molecule has 1 aliphatic rings. The van der Waals surface area contributed by atoms with Gasteiger partial charge in [0.15, 0.2) is 0 Å². The van der Waals surface area contributed by atoms with Crippen molar-refractivity contribution in [1.82, 2.24) is 10.2 Å². The summed E-state index contributed by atoms with van der Waals surface area (Å²) in [4.78, 5) is 13.7. The highest BCUT2D eigenvalue weighted by Gasteiger charge is 2.31. The van der Waals surface area contributed by atoms with Crippen LogP contribution in [-0.2, 0) is 0 Å². The van der Waals surface area contributed by atoms with E-state index in [4.69, 9.17) is 0 Å². The summed E-state index contributed by atoms with van der Waals surface area (Å²) in [5.41, 5.74) is 2.03. The highest BCUT2D eigenvalue weighted by Crippen LogP contribution is 2.32. The first-order chi connectivity index (χ1) is 10.3. The number of amides is 2. The standard InChI is InChI=1S/C17H25FN2O2/c1-10-7-14(8-11(2)16(10)18)12(3)19-17(22)20(4)9-15(21)13-5-6-13/h7-8,12-13,15,21H,5-6,9H2,1-4H3,(H,19,22)/t12-,15-/m0/s1. The summed E-state index contributed by atoms with van der Waals surface area (Å²) < 4.78 is 13.7. The molecule has 2 amide bonds. The SMILES string of the molecule is Cc1cc([C@H](C)NC(=O)N(C)C[C@H](O)C2CC2)cc(C)c1F. The Balaban J connectivity index is 1.95. The number of aliphatic hydroxyl groups excluding tert-OH is 1. The average Bonchev–Trinajstić information content (AvgIpc) is 3.28. The fourth-order valence-corrected chi connectivity index (χ4v) is 2.60. The van der Waals surface area contributed by atoms with Crippen molar-refractivity contribution in [3.05, 3.63) is 34.6 Å². The Hall–Kier alpha value is -1.62. The summed E-state index contributed by atoms with van der Waals surface area (Å²) in [6.07, 6.45) is 1.64. The molecule has 1 saturated carbocycles. The summed E-state index contributed by atoms with van der Waals surface area (Å²) >= 11 is 0. The molecule has 1 aromatic carbocycles. The third-order valence-corrected chi connectivity index (χ3v) is 4.27. The van der Waals surface area contributed by atoms with Gasteiger partial charge in [-0.2, -0.15) is 0 Å². The number of rotatable bonds is 5. The molecular formula is C17H25FN2O2. The van der Waals surface area contributed by atoms with Crippen molar-refractivity contribution in [2.45, 2.75) is 45.8 Å². The third kappa shape index (κ3) is 3.97. The Morgan fingerprint density at radius 2 is 1.95 bits per heavy atom. The zero-order chi connectivity index (χ0) is 16.4. The summed E-state index contributed by atoms with van der Waals surface area (Å²) in [5.74, 6) is 0.141. The van der Waals surface area contributed by atoms with Crippen molar-refractivity contribution in [3.63, 3.8) is 0 Å². The number of aryl methyl sites for hydroxylation is 2. The first-order valence-corrected chi connectivity index (χ1v) is 7.76. The van der Waals surface area contributed by atoms with Gasteiger partial charge in [-0.1, -0.05) is 12.1 Å². The first kappa shape index (κ1) is 16.7. The van der Waals surface area contributed by atoms with Crippen LogP contribution in [0.1, 0.15) is 42.5 Å². The maximum Gasteiger partial charge on any atom is 0.317 e. The number of carbonyl (C=O) groups excluding carboxylic acids is 1. The Morgan fingerprint density at radius 1 is 1.41 bits per heavy atom. The van der Waals surface area contributed by atoms with Crippen LogP contribution >= 0.6 is 0 Å². The van der Waals surface area contributed by atoms with Gasteiger partial charge in [0.1, 0.15) is 5.82 Å². The molecule has 0 aliphatic heterocycles. The zero-order valence-corrected chi connectivity index (χ0v) is 13.7. The van der Waals surface area contributed by atoms with Crippen LogP contribution in [-0.4, -0.2) is 35.7 Å². The molecule has 1 aromatic rings. The Morgan fingerprint density at radius 3 is 2.45 bits per heavy atom. The highest BCUT2D eigenvalue weighted by atomic mass is 19.1. The predicted molar refractivity (Wildman–Crippen MR) is 84.2 cm³/mol. The van der Waals surface area contributed by atoms with Crippen LogP contribution in [0.4, 0.5) is 9.18 Å². The van der Waals surface area contributed by atoms with Crippen LogP contribution in [0.3, 0.4) is 0 Å². The molecule has 2 atom stereocenters. The van der Waals surface area contributed by atoms with Gasteiger partial charge in [-0.15, -0.1) is 0 Å². The molecule has 0 heterocycles. The lowest BCUT2D eigenvalue weighted by Crippen LogP contribution is -2.42. The van der Waals surface area contributed by atoms with E-state index in [9.17, 15) is 14.3 Å². The molecule has 22 heavy (non-hydrogen) atoms. The monoisotopic (exact) mass is 308 g/mol. The van der Waals surface area contributed by atoms with E-state index < -0.39 is 6.10 Å². The lowest BCUT2D eigenvalue weighted by Gasteiger charge is -2.24. The first-order valence-electron chi connectivity index (χ1n) is 7.76. The number of hydrogen-bond acceptors (Lipinski definition) is 2. The second kappa shape index (κ2) is 6.65. The van der Waals surface area contributed by atoms with Crippen LogP contribution < -0.4 is 5.32 Å². The van der Waals surface area contributed by atoms with Crippen molar-refractivity contribution >= 4 is 6.03 Å². The quantitative estimate of drug-likeness (QED) is 0.879. The number of halogens is 1. The van der Waals surface area contributed by atoms with Gasteiger partial charge in [0.25, 0.3) is 0 Å². The Bertz CT molecular complexity index is 535. The molecule has 0 radical (unpaired) electrons. The molecule has 2 N–H and O–H groups in total. The van der Waals surface area contributed by atoms with Crippen LogP contribution in [0.2, 0.25) is 0 Å². The van der Waals surface area contributed by atoms with Gasteiger partial charge in [-0.3, -0.25) is 0 Å². The van der Waals surface area contributed by atoms with Gasteiger partial charge in [0.05, 0.1) is 12.1 Å². The minimum Gasteiger partial charge on any atom is -0.391 e. The second-order valence-electron chi connectivity index (χ2n) is 6.43. The molecule has 0 unspecified atom stereocenters. The van der Waals surface area contributed by atoms with Crippen molar-refractivity contribution in [1.29, 1.82) is 0 Å². The van der Waals surface area contributed by atoms with Gasteiger partial charge in [-0.25, -0.2) is 9.18 Å². The minimum absolute atomic E-state index is 0.202. The lowest BCUT2D eigenvalue weighted by molar-refractivity contribution is 0.113. The van der Waals surface area contributed by atoms with E-state index in [-0.39, 0.29) is 17.9 Å². The summed E-state index contributed by atoms with van der Waals surface area (Å²) in [5, 5.41) is 12.8. The van der Waals surface area contributed by atoms with Crippen molar-refractivity contribution < 1.29 is 14.3 Å². The average molecular weight is 308 g/mol. The van der Waals surface area contributed by atoms with Gasteiger partial charge < -0.3 is 15.3 Å². The van der Waals surface area contributed by atoms with Crippen molar-refractivity contribution in [2.24, 2.45) is 5.92 Å². The van der Waals surface area contributed by atoms with E-state index in [1.54, 1.807) is 33.0 Å². The number of urea groups is 1. The summed E-state index contributed by atoms with van der Waals surface area (Å²) in [7, 11) is 1.68. The Kier molecular flexibility index (Phi) is 5.06. The van der Waals surface area contributed by atoms with Crippen LogP contribution in [0.15, 0.2) is 12.1 Å². The maximum atomic E-state index is 13.7. The van der Waals surface area contributed by atoms with Gasteiger partial charge >= 0.3 is 6.03 Å². The summed E-state index contributed by atoms with van der Waals surface area (Å²) in [6, 6.07) is 3.07. The number of likely N-dealkylation sites (N-methyl/N-ethyl adjacent to an activating group) is 1. The molecule has 4 nitrogen and oxygen atoms in total. The van der Waals surface area contributed by atoms with Crippen LogP contribution in [0, 0.1) is 25.6 Å². The molecule has 122 valence electrons. The molecule has 5 heteroatoms. The van der Waals surface area contributed by atoms with E-state index >= 15 is 0 Å². The van der Waals surface area contributed by atoms with Gasteiger partial charge in [0, 0.05) is 13.6 Å². The normalized spacial score (nSPS) is 17.0. The van der Waals surface area contributed by atoms with E-state index in [1.807, 2.05) is 6.92 Å². The van der Waals surface area contributed by atoms with E-state index in [0.29, 0.717) is 23.6 Å². The molecule has 1 fully saturated rings. The van der Waals surface area contributed by atoms with Gasteiger partial charge in [-0.05, 0) is 56.2 Å². The van der Waals surface area contributed by atoms with Crippen LogP contribution in [0.25, 0.3) is 0 Å². The minimum atomic E-state index is -0.443. The Labute approximate surface area is 131 Å². The number of benzene rings is 1. The van der Waals surface area contributed by atoms with Crippen molar-refractivity contribution in [2.75, 3.05) is 13.6 Å². The second-order valence-corrected chi connectivity index (χ2v) is 6.43. The molecule has 0 saturated heterocycles. The molecule has 0 bridgehead atoms. The maximum absolute atomic E-state index is 13.7. The zero-order valence-electron chi connectivity index (χ0n) is 13.7. The number of aliphatic hydroxyl groups is 1. The highest BCUT2D eigenvalue weighted by molar-refractivity contribution is 5.74. The van der Waals surface area contributed by atoms with E-state index in [2.05, 4.69) is 5.32 Å². The fourth-order valence-electron chi connectivity index (χ4n) is 2.60. The predicted octanol–water partition coefficient (Wildman–Crippen LogP) is 2.92. The number of nitrogens with zero attached hydrogens (tertiary/aromatic N) is 1. The van der Waals surface area contributed by atoms with Crippen molar-refractivity contribution in [3.8, 4) is 0 Å². The summed E-state index contributed by atoms with van der Waals surface area (Å²) in [6.45, 7) is 5.65. The number of carbonyl (C=O) groups is 1. The molecule has 1 aliphatic carbocycles.